The van der Waals surface area contributed by atoms with E-state index in [1.54, 1.807) is 30.3 Å². The molecule has 160 valence electrons. The van der Waals surface area contributed by atoms with Crippen molar-refractivity contribution in [2.45, 2.75) is 45.1 Å². The summed E-state index contributed by atoms with van der Waals surface area (Å²) in [6.45, 7) is 1.85. The van der Waals surface area contributed by atoms with Crippen molar-refractivity contribution in [1.29, 1.82) is 0 Å². The van der Waals surface area contributed by atoms with E-state index in [2.05, 4.69) is 10.6 Å². The number of hydrogen-bond donors (Lipinski definition) is 2. The van der Waals surface area contributed by atoms with Gasteiger partial charge in [-0.15, -0.1) is 11.3 Å². The summed E-state index contributed by atoms with van der Waals surface area (Å²) in [4.78, 5) is 36.2. The highest BCUT2D eigenvalue weighted by Crippen LogP contribution is 2.30. The molecule has 0 radical (unpaired) electrons. The van der Waals surface area contributed by atoms with E-state index in [4.69, 9.17) is 0 Å². The van der Waals surface area contributed by atoms with Crippen molar-refractivity contribution < 1.29 is 14.5 Å². The molecule has 0 atom stereocenters. The van der Waals surface area contributed by atoms with E-state index >= 15 is 0 Å². The average molecular weight is 438 g/mol. The number of nitrogens with zero attached hydrogens (tertiary/aromatic N) is 1. The van der Waals surface area contributed by atoms with Crippen LogP contribution in [-0.4, -0.2) is 22.8 Å². The topological polar surface area (TPSA) is 101 Å². The Morgan fingerprint density at radius 3 is 2.52 bits per heavy atom. The van der Waals surface area contributed by atoms with Gasteiger partial charge >= 0.3 is 0 Å². The summed E-state index contributed by atoms with van der Waals surface area (Å²) in [6, 6.07) is 11.7. The van der Waals surface area contributed by atoms with Crippen LogP contribution in [0.1, 0.15) is 57.7 Å². The fourth-order valence-corrected chi connectivity index (χ4v) is 4.84. The zero-order chi connectivity index (χ0) is 22.0. The molecule has 7 nitrogen and oxygen atoms in total. The molecule has 1 heterocycles. The van der Waals surface area contributed by atoms with Gasteiger partial charge in [-0.3, -0.25) is 19.7 Å². The van der Waals surface area contributed by atoms with Crippen LogP contribution in [0.3, 0.4) is 0 Å². The van der Waals surface area contributed by atoms with Gasteiger partial charge in [0.05, 0.1) is 9.80 Å². The predicted octanol–water partition coefficient (Wildman–Crippen LogP) is 5.43. The van der Waals surface area contributed by atoms with Gasteiger partial charge in [-0.1, -0.05) is 19.3 Å². The van der Waals surface area contributed by atoms with Crippen LogP contribution in [0, 0.1) is 17.0 Å². The summed E-state index contributed by atoms with van der Waals surface area (Å²) in [5.41, 5.74) is 1.99. The normalized spacial score (nSPS) is 14.4. The van der Waals surface area contributed by atoms with E-state index in [1.165, 1.54) is 29.9 Å². The largest absolute Gasteiger partial charge is 0.349 e. The molecule has 3 aromatic rings. The van der Waals surface area contributed by atoms with Gasteiger partial charge in [0.1, 0.15) is 0 Å². The summed E-state index contributed by atoms with van der Waals surface area (Å²) in [7, 11) is 0. The van der Waals surface area contributed by atoms with Crippen molar-refractivity contribution in [3.63, 3.8) is 0 Å². The zero-order valence-electron chi connectivity index (χ0n) is 17.1. The monoisotopic (exact) mass is 437 g/mol. The Morgan fingerprint density at radius 1 is 1.03 bits per heavy atom. The van der Waals surface area contributed by atoms with Gasteiger partial charge in [-0.05, 0) is 55.7 Å². The Balaban J connectivity index is 1.46. The van der Waals surface area contributed by atoms with Gasteiger partial charge < -0.3 is 10.6 Å². The quantitative estimate of drug-likeness (QED) is 0.410. The van der Waals surface area contributed by atoms with Gasteiger partial charge in [0.25, 0.3) is 17.5 Å². The SMILES string of the molecule is Cc1cc(C(=O)NC2CCCCC2)ccc1NC(=O)c1cc2cc([N+](=O)[O-])ccc2s1. The van der Waals surface area contributed by atoms with Crippen molar-refractivity contribution >= 4 is 44.6 Å². The lowest BCUT2D eigenvalue weighted by atomic mass is 9.95. The van der Waals surface area contributed by atoms with Crippen LogP contribution >= 0.6 is 11.3 Å². The minimum Gasteiger partial charge on any atom is -0.349 e. The molecule has 1 fully saturated rings. The predicted molar refractivity (Wildman–Crippen MR) is 122 cm³/mol. The van der Waals surface area contributed by atoms with Crippen LogP contribution in [0.5, 0.6) is 0 Å². The molecule has 2 aromatic carbocycles. The Bertz CT molecular complexity index is 1160. The molecule has 4 rings (SSSR count). The molecule has 0 bridgehead atoms. The highest BCUT2D eigenvalue weighted by atomic mass is 32.1. The second-order valence-corrected chi connectivity index (χ2v) is 8.97. The summed E-state index contributed by atoms with van der Waals surface area (Å²) in [6.07, 6.45) is 5.59. The molecule has 1 saturated carbocycles. The first kappa shape index (κ1) is 21.0. The Kier molecular flexibility index (Phi) is 5.99. The number of benzene rings is 2. The highest BCUT2D eigenvalue weighted by Gasteiger charge is 2.18. The number of nitro benzene ring substituents is 1. The maximum absolute atomic E-state index is 12.7. The number of hydrogen-bond acceptors (Lipinski definition) is 5. The molecule has 8 heteroatoms. The number of nitrogens with one attached hydrogen (secondary N) is 2. The Labute approximate surface area is 183 Å². The van der Waals surface area contributed by atoms with Crippen LogP contribution in [-0.2, 0) is 0 Å². The van der Waals surface area contributed by atoms with Crippen molar-refractivity contribution in [2.75, 3.05) is 5.32 Å². The molecule has 0 unspecified atom stereocenters. The number of fused-ring (bicyclic) bond motifs is 1. The van der Waals surface area contributed by atoms with Crippen LogP contribution in [0.2, 0.25) is 0 Å². The number of non-ortho nitro benzene ring substituents is 1. The van der Waals surface area contributed by atoms with E-state index in [9.17, 15) is 19.7 Å². The molecule has 0 saturated heterocycles. The van der Waals surface area contributed by atoms with Gasteiger partial charge in [0.15, 0.2) is 0 Å². The smallest absolute Gasteiger partial charge is 0.270 e. The lowest BCUT2D eigenvalue weighted by molar-refractivity contribution is -0.384. The highest BCUT2D eigenvalue weighted by molar-refractivity contribution is 7.20. The molecule has 2 amide bonds. The van der Waals surface area contributed by atoms with E-state index in [-0.39, 0.29) is 23.5 Å². The molecule has 31 heavy (non-hydrogen) atoms. The summed E-state index contributed by atoms with van der Waals surface area (Å²) >= 11 is 1.28. The summed E-state index contributed by atoms with van der Waals surface area (Å²) in [5.74, 6) is -0.370. The van der Waals surface area contributed by atoms with E-state index in [0.29, 0.717) is 21.5 Å². The number of thiophene rings is 1. The summed E-state index contributed by atoms with van der Waals surface area (Å²) < 4.78 is 0.808. The van der Waals surface area contributed by atoms with E-state index in [0.717, 1.165) is 35.9 Å². The van der Waals surface area contributed by atoms with Crippen molar-refractivity contribution in [3.8, 4) is 0 Å². The average Bonchev–Trinajstić information content (AvgIpc) is 3.19. The number of carbonyl (C=O) groups is 2. The fourth-order valence-electron chi connectivity index (χ4n) is 3.90. The molecule has 0 spiro atoms. The van der Waals surface area contributed by atoms with Crippen molar-refractivity contribution in [3.05, 3.63) is 68.6 Å². The number of aryl methyl sites for hydroxylation is 1. The first-order valence-electron chi connectivity index (χ1n) is 10.3. The van der Waals surface area contributed by atoms with Gasteiger partial charge in [0.2, 0.25) is 0 Å². The molecule has 1 aliphatic carbocycles. The fraction of sp³-hybridized carbons (Fsp3) is 0.304. The molecular weight excluding hydrogens is 414 g/mol. The van der Waals surface area contributed by atoms with E-state index < -0.39 is 4.92 Å². The van der Waals surface area contributed by atoms with Crippen LogP contribution in [0.15, 0.2) is 42.5 Å². The number of nitro groups is 1. The molecule has 0 aliphatic heterocycles. The van der Waals surface area contributed by atoms with Crippen LogP contribution < -0.4 is 10.6 Å². The van der Waals surface area contributed by atoms with Crippen molar-refractivity contribution in [2.24, 2.45) is 0 Å². The molecule has 1 aliphatic rings. The first-order valence-corrected chi connectivity index (χ1v) is 11.1. The molecule has 2 N–H and O–H groups in total. The lowest BCUT2D eigenvalue weighted by Gasteiger charge is -2.23. The van der Waals surface area contributed by atoms with Gasteiger partial charge in [-0.25, -0.2) is 0 Å². The number of rotatable bonds is 5. The van der Waals surface area contributed by atoms with Crippen molar-refractivity contribution in [1.82, 2.24) is 5.32 Å². The third-order valence-corrected chi connectivity index (χ3v) is 6.73. The number of anilines is 1. The molecule has 1 aromatic heterocycles. The number of amides is 2. The third kappa shape index (κ3) is 4.74. The first-order chi connectivity index (χ1) is 14.9. The van der Waals surface area contributed by atoms with Gasteiger partial charge in [-0.2, -0.15) is 0 Å². The minimum absolute atomic E-state index is 0.00445. The zero-order valence-corrected chi connectivity index (χ0v) is 18.0. The Hall–Kier alpha value is -3.26. The van der Waals surface area contributed by atoms with E-state index in [1.807, 2.05) is 6.92 Å². The second-order valence-electron chi connectivity index (χ2n) is 7.88. The lowest BCUT2D eigenvalue weighted by Crippen LogP contribution is -2.36. The maximum Gasteiger partial charge on any atom is 0.270 e. The summed E-state index contributed by atoms with van der Waals surface area (Å²) in [5, 5.41) is 17.6. The maximum atomic E-state index is 12.7. The Morgan fingerprint density at radius 2 is 1.81 bits per heavy atom. The number of carbonyl (C=O) groups excluding carboxylic acids is 2. The molecular formula is C23H23N3O4S. The third-order valence-electron chi connectivity index (χ3n) is 5.61. The van der Waals surface area contributed by atoms with Crippen LogP contribution in [0.25, 0.3) is 10.1 Å². The van der Waals surface area contributed by atoms with Gasteiger partial charge in [0, 0.05) is 39.5 Å². The van der Waals surface area contributed by atoms with Crippen LogP contribution in [0.4, 0.5) is 11.4 Å². The minimum atomic E-state index is -0.452. The second kappa shape index (κ2) is 8.85. The standard InChI is InChI=1S/C23H23N3O4S/c1-14-11-15(22(27)24-17-5-3-2-4-6-17)7-9-19(14)25-23(28)21-13-16-12-18(26(29)30)8-10-20(16)31-21/h7-13,17H,2-6H2,1H3,(H,24,27)(H,25,28).